The van der Waals surface area contributed by atoms with E-state index in [1.54, 1.807) is 18.2 Å². The van der Waals surface area contributed by atoms with Gasteiger partial charge in [0.25, 0.3) is 5.91 Å². The van der Waals surface area contributed by atoms with E-state index in [1.165, 1.54) is 5.56 Å². The molecule has 0 heterocycles. The SMILES string of the molecule is Nc1ccc(C(=O)NCCCc2ccccc2)cc1Cl. The van der Waals surface area contributed by atoms with Crippen LogP contribution in [-0.4, -0.2) is 12.5 Å². The Balaban J connectivity index is 1.79. The monoisotopic (exact) mass is 288 g/mol. The van der Waals surface area contributed by atoms with Crippen LogP contribution in [0.15, 0.2) is 48.5 Å². The zero-order chi connectivity index (χ0) is 14.4. The van der Waals surface area contributed by atoms with E-state index in [-0.39, 0.29) is 5.91 Å². The summed E-state index contributed by atoms with van der Waals surface area (Å²) in [5.41, 5.74) is 7.90. The van der Waals surface area contributed by atoms with E-state index in [2.05, 4.69) is 17.4 Å². The minimum Gasteiger partial charge on any atom is -0.398 e. The molecule has 0 aromatic heterocycles. The van der Waals surface area contributed by atoms with Gasteiger partial charge in [-0.05, 0) is 36.6 Å². The summed E-state index contributed by atoms with van der Waals surface area (Å²) in [5, 5.41) is 3.28. The minimum absolute atomic E-state index is 0.125. The smallest absolute Gasteiger partial charge is 0.251 e. The van der Waals surface area contributed by atoms with E-state index in [0.717, 1.165) is 12.8 Å². The summed E-state index contributed by atoms with van der Waals surface area (Å²) < 4.78 is 0. The van der Waals surface area contributed by atoms with Gasteiger partial charge in [0.2, 0.25) is 0 Å². The molecule has 0 atom stereocenters. The fraction of sp³-hybridized carbons (Fsp3) is 0.188. The summed E-state index contributed by atoms with van der Waals surface area (Å²) >= 11 is 5.89. The summed E-state index contributed by atoms with van der Waals surface area (Å²) in [4.78, 5) is 11.9. The first-order valence-corrected chi connectivity index (χ1v) is 6.92. The first kappa shape index (κ1) is 14.4. The van der Waals surface area contributed by atoms with Crippen molar-refractivity contribution in [1.29, 1.82) is 0 Å². The van der Waals surface area contributed by atoms with Crippen LogP contribution >= 0.6 is 11.6 Å². The molecule has 0 fully saturated rings. The van der Waals surface area contributed by atoms with Crippen molar-refractivity contribution < 1.29 is 4.79 Å². The molecule has 3 nitrogen and oxygen atoms in total. The first-order valence-electron chi connectivity index (χ1n) is 6.54. The largest absolute Gasteiger partial charge is 0.398 e. The average molecular weight is 289 g/mol. The molecular formula is C16H17ClN2O. The lowest BCUT2D eigenvalue weighted by molar-refractivity contribution is 0.0953. The van der Waals surface area contributed by atoms with Gasteiger partial charge in [-0.3, -0.25) is 4.79 Å². The quantitative estimate of drug-likeness (QED) is 0.655. The number of halogens is 1. The van der Waals surface area contributed by atoms with E-state index >= 15 is 0 Å². The third-order valence-electron chi connectivity index (χ3n) is 3.03. The molecule has 0 unspecified atom stereocenters. The minimum atomic E-state index is -0.125. The predicted octanol–water partition coefficient (Wildman–Crippen LogP) is 3.28. The molecule has 0 spiro atoms. The maximum absolute atomic E-state index is 11.9. The zero-order valence-electron chi connectivity index (χ0n) is 11.1. The highest BCUT2D eigenvalue weighted by molar-refractivity contribution is 6.33. The Labute approximate surface area is 123 Å². The van der Waals surface area contributed by atoms with E-state index in [9.17, 15) is 4.79 Å². The average Bonchev–Trinajstić information content (AvgIpc) is 2.47. The number of carbonyl (C=O) groups excluding carboxylic acids is 1. The van der Waals surface area contributed by atoms with Crippen molar-refractivity contribution in [2.75, 3.05) is 12.3 Å². The van der Waals surface area contributed by atoms with Crippen molar-refractivity contribution in [2.45, 2.75) is 12.8 Å². The van der Waals surface area contributed by atoms with Gasteiger partial charge in [0.05, 0.1) is 10.7 Å². The Kier molecular flexibility index (Phi) is 5.02. The molecule has 0 bridgehead atoms. The van der Waals surface area contributed by atoms with Gasteiger partial charge in [-0.15, -0.1) is 0 Å². The number of benzene rings is 2. The van der Waals surface area contributed by atoms with Gasteiger partial charge in [-0.25, -0.2) is 0 Å². The van der Waals surface area contributed by atoms with Crippen molar-refractivity contribution >= 4 is 23.2 Å². The maximum atomic E-state index is 11.9. The summed E-state index contributed by atoms with van der Waals surface area (Å²) in [6, 6.07) is 15.1. The number of nitrogens with one attached hydrogen (secondary N) is 1. The molecule has 2 aromatic rings. The number of hydrogen-bond acceptors (Lipinski definition) is 2. The van der Waals surface area contributed by atoms with Gasteiger partial charge in [0.1, 0.15) is 0 Å². The van der Waals surface area contributed by atoms with Crippen LogP contribution in [0.5, 0.6) is 0 Å². The van der Waals surface area contributed by atoms with Crippen molar-refractivity contribution in [3.8, 4) is 0 Å². The molecule has 2 aromatic carbocycles. The molecular weight excluding hydrogens is 272 g/mol. The molecule has 0 aliphatic heterocycles. The van der Waals surface area contributed by atoms with Crippen LogP contribution in [0, 0.1) is 0 Å². The van der Waals surface area contributed by atoms with Crippen LogP contribution in [0.4, 0.5) is 5.69 Å². The molecule has 0 saturated heterocycles. The molecule has 2 rings (SSSR count). The number of nitrogen functional groups attached to an aromatic ring is 1. The summed E-state index contributed by atoms with van der Waals surface area (Å²) in [7, 11) is 0. The molecule has 0 aliphatic carbocycles. The Morgan fingerprint density at radius 1 is 1.15 bits per heavy atom. The molecule has 20 heavy (non-hydrogen) atoms. The highest BCUT2D eigenvalue weighted by atomic mass is 35.5. The lowest BCUT2D eigenvalue weighted by Crippen LogP contribution is -2.24. The Morgan fingerprint density at radius 2 is 1.90 bits per heavy atom. The van der Waals surface area contributed by atoms with Crippen molar-refractivity contribution in [1.82, 2.24) is 5.32 Å². The van der Waals surface area contributed by atoms with Crippen LogP contribution in [0.25, 0.3) is 0 Å². The number of aryl methyl sites for hydroxylation is 1. The van der Waals surface area contributed by atoms with Crippen LogP contribution in [0.1, 0.15) is 22.3 Å². The van der Waals surface area contributed by atoms with E-state index in [0.29, 0.717) is 22.8 Å². The second kappa shape index (κ2) is 6.96. The van der Waals surface area contributed by atoms with Gasteiger partial charge < -0.3 is 11.1 Å². The van der Waals surface area contributed by atoms with Crippen LogP contribution < -0.4 is 11.1 Å². The van der Waals surface area contributed by atoms with Crippen LogP contribution in [-0.2, 0) is 6.42 Å². The molecule has 0 aliphatic rings. The number of hydrogen-bond donors (Lipinski definition) is 2. The molecule has 104 valence electrons. The van der Waals surface area contributed by atoms with Gasteiger partial charge in [-0.2, -0.15) is 0 Å². The topological polar surface area (TPSA) is 55.1 Å². The summed E-state index contributed by atoms with van der Waals surface area (Å²) in [6.07, 6.45) is 1.85. The highest BCUT2D eigenvalue weighted by Gasteiger charge is 2.06. The second-order valence-corrected chi connectivity index (χ2v) is 4.99. The first-order chi connectivity index (χ1) is 9.66. The molecule has 0 saturated carbocycles. The Hall–Kier alpha value is -2.00. The molecule has 1 amide bonds. The summed E-state index contributed by atoms with van der Waals surface area (Å²) in [5.74, 6) is -0.125. The van der Waals surface area contributed by atoms with Gasteiger partial charge in [0.15, 0.2) is 0 Å². The van der Waals surface area contributed by atoms with Crippen LogP contribution in [0.3, 0.4) is 0 Å². The summed E-state index contributed by atoms with van der Waals surface area (Å²) in [6.45, 7) is 0.635. The van der Waals surface area contributed by atoms with E-state index < -0.39 is 0 Å². The van der Waals surface area contributed by atoms with Gasteiger partial charge in [-0.1, -0.05) is 41.9 Å². The van der Waals surface area contributed by atoms with Crippen molar-refractivity contribution in [3.05, 3.63) is 64.7 Å². The zero-order valence-corrected chi connectivity index (χ0v) is 11.9. The third kappa shape index (κ3) is 4.00. The standard InChI is InChI=1S/C16H17ClN2O/c17-14-11-13(8-9-15(14)18)16(20)19-10-4-7-12-5-2-1-3-6-12/h1-3,5-6,8-9,11H,4,7,10,18H2,(H,19,20). The third-order valence-corrected chi connectivity index (χ3v) is 3.36. The van der Waals surface area contributed by atoms with E-state index in [4.69, 9.17) is 17.3 Å². The number of nitrogens with two attached hydrogens (primary N) is 1. The predicted molar refractivity (Wildman–Crippen MR) is 83.0 cm³/mol. The highest BCUT2D eigenvalue weighted by Crippen LogP contribution is 2.19. The molecule has 4 heteroatoms. The number of anilines is 1. The van der Waals surface area contributed by atoms with Crippen molar-refractivity contribution in [2.24, 2.45) is 0 Å². The lowest BCUT2D eigenvalue weighted by Gasteiger charge is -2.06. The number of rotatable bonds is 5. The van der Waals surface area contributed by atoms with Gasteiger partial charge in [0, 0.05) is 12.1 Å². The fourth-order valence-corrected chi connectivity index (χ4v) is 2.09. The van der Waals surface area contributed by atoms with E-state index in [1.807, 2.05) is 18.2 Å². The maximum Gasteiger partial charge on any atom is 0.251 e. The van der Waals surface area contributed by atoms with Crippen LogP contribution in [0.2, 0.25) is 5.02 Å². The number of amides is 1. The Morgan fingerprint density at radius 3 is 2.60 bits per heavy atom. The molecule has 3 N–H and O–H groups in total. The number of carbonyl (C=O) groups is 1. The normalized spacial score (nSPS) is 10.2. The van der Waals surface area contributed by atoms with Crippen molar-refractivity contribution in [3.63, 3.8) is 0 Å². The van der Waals surface area contributed by atoms with Gasteiger partial charge >= 0.3 is 0 Å². The molecule has 0 radical (unpaired) electrons. The second-order valence-electron chi connectivity index (χ2n) is 4.58. The lowest BCUT2D eigenvalue weighted by atomic mass is 10.1. The Bertz CT molecular complexity index is 584. The fourth-order valence-electron chi connectivity index (χ4n) is 1.91.